The summed E-state index contributed by atoms with van der Waals surface area (Å²) in [6.45, 7) is 1.72. The Balaban J connectivity index is 1.52. The molecule has 2 aromatic rings. The van der Waals surface area contributed by atoms with Crippen molar-refractivity contribution < 1.29 is 24.4 Å². The van der Waals surface area contributed by atoms with E-state index in [4.69, 9.17) is 4.65 Å². The highest BCUT2D eigenvalue weighted by molar-refractivity contribution is 6.47. The van der Waals surface area contributed by atoms with Gasteiger partial charge in [-0.1, -0.05) is 24.3 Å². The molecular weight excluding hydrogens is 345 g/mol. The van der Waals surface area contributed by atoms with Gasteiger partial charge in [0.15, 0.2) is 5.78 Å². The van der Waals surface area contributed by atoms with Crippen LogP contribution in [-0.2, 0) is 19.5 Å². The third-order valence-electron chi connectivity index (χ3n) is 5.31. The Hall–Kier alpha value is -2.64. The van der Waals surface area contributed by atoms with Crippen molar-refractivity contribution in [3.05, 3.63) is 64.2 Å². The van der Waals surface area contributed by atoms with Crippen molar-refractivity contribution in [2.75, 3.05) is 7.05 Å². The van der Waals surface area contributed by atoms with Crippen LogP contribution in [-0.4, -0.2) is 40.9 Å². The number of aromatic carboxylic acids is 1. The lowest BCUT2D eigenvalue weighted by Gasteiger charge is -2.28. The number of ketones is 1. The largest absolute Gasteiger partial charge is 0.535 e. The number of hydrogen-bond donors (Lipinski definition) is 2. The first kappa shape index (κ1) is 17.8. The molecule has 1 atom stereocenters. The minimum atomic E-state index is -1.21. The van der Waals surface area contributed by atoms with E-state index < -0.39 is 18.9 Å². The molecule has 2 N–H and O–H groups in total. The van der Waals surface area contributed by atoms with Crippen LogP contribution in [0.2, 0.25) is 5.82 Å². The molecule has 2 heterocycles. The number of para-hydroxylation sites is 1. The fourth-order valence-corrected chi connectivity index (χ4v) is 3.92. The first-order valence-corrected chi connectivity index (χ1v) is 8.96. The average Bonchev–Trinajstić information content (AvgIpc) is 3.00. The highest BCUT2D eigenvalue weighted by atomic mass is 16.5. The number of carbonyl (C=O) groups excluding carboxylic acids is 1. The van der Waals surface area contributed by atoms with Crippen molar-refractivity contribution in [2.45, 2.75) is 31.7 Å². The molecule has 0 fully saturated rings. The number of rotatable bonds is 4. The number of nitrogens with zero attached hydrogens (tertiary/aromatic N) is 1. The van der Waals surface area contributed by atoms with Gasteiger partial charge in [-0.25, -0.2) is 4.79 Å². The number of benzene rings is 2. The van der Waals surface area contributed by atoms with Gasteiger partial charge in [-0.15, -0.1) is 0 Å². The molecule has 0 aromatic heterocycles. The Morgan fingerprint density at radius 3 is 2.74 bits per heavy atom. The summed E-state index contributed by atoms with van der Waals surface area (Å²) < 4.78 is 5.48. The maximum atomic E-state index is 12.8. The van der Waals surface area contributed by atoms with Gasteiger partial charge in [0, 0.05) is 30.9 Å². The highest BCUT2D eigenvalue weighted by Gasteiger charge is 2.38. The monoisotopic (exact) mass is 365 g/mol. The first-order valence-electron chi connectivity index (χ1n) is 8.96. The summed E-state index contributed by atoms with van der Waals surface area (Å²) in [5.41, 5.74) is 3.78. The van der Waals surface area contributed by atoms with Gasteiger partial charge < -0.3 is 14.8 Å². The normalized spacial score (nSPS) is 18.6. The Bertz CT molecular complexity index is 929. The lowest BCUT2D eigenvalue weighted by atomic mass is 9.64. The van der Waals surface area contributed by atoms with E-state index in [0.717, 1.165) is 13.1 Å². The SMILES string of the molecule is CN1Cc2ccc(C(=O)C[C@H]3Cc4cccc(C(=O)O)c4OB3O)cc2C1. The summed E-state index contributed by atoms with van der Waals surface area (Å²) in [7, 11) is 0.836. The van der Waals surface area contributed by atoms with E-state index in [0.29, 0.717) is 17.5 Å². The second-order valence-electron chi connectivity index (χ2n) is 7.35. The molecule has 0 saturated heterocycles. The van der Waals surface area contributed by atoms with E-state index in [2.05, 4.69) is 4.90 Å². The van der Waals surface area contributed by atoms with Crippen LogP contribution in [0.3, 0.4) is 0 Å². The number of carboxylic acid groups (broad SMARTS) is 1. The topological polar surface area (TPSA) is 87.1 Å². The van der Waals surface area contributed by atoms with Gasteiger partial charge in [0.1, 0.15) is 5.75 Å². The molecule has 6 nitrogen and oxygen atoms in total. The summed E-state index contributed by atoms with van der Waals surface area (Å²) >= 11 is 0. The molecule has 0 saturated carbocycles. The van der Waals surface area contributed by atoms with Gasteiger partial charge in [0.05, 0.1) is 5.56 Å². The van der Waals surface area contributed by atoms with Gasteiger partial charge >= 0.3 is 13.1 Å². The Morgan fingerprint density at radius 2 is 1.96 bits per heavy atom. The molecule has 0 amide bonds. The van der Waals surface area contributed by atoms with Crippen LogP contribution >= 0.6 is 0 Å². The number of carbonyl (C=O) groups is 2. The smallest absolute Gasteiger partial charge is 0.526 e. The third kappa shape index (κ3) is 3.36. The minimum Gasteiger partial charge on any atom is -0.535 e. The van der Waals surface area contributed by atoms with Gasteiger partial charge in [-0.3, -0.25) is 9.69 Å². The molecule has 0 aliphatic carbocycles. The molecule has 0 bridgehead atoms. The van der Waals surface area contributed by atoms with E-state index in [-0.39, 0.29) is 23.5 Å². The summed E-state index contributed by atoms with van der Waals surface area (Å²) in [5.74, 6) is -1.36. The van der Waals surface area contributed by atoms with E-state index in [9.17, 15) is 19.7 Å². The van der Waals surface area contributed by atoms with E-state index in [1.165, 1.54) is 17.2 Å². The summed E-state index contributed by atoms with van der Waals surface area (Å²) in [6, 6.07) is 10.6. The zero-order valence-electron chi connectivity index (χ0n) is 15.0. The molecule has 2 aromatic carbocycles. The highest BCUT2D eigenvalue weighted by Crippen LogP contribution is 2.37. The van der Waals surface area contributed by atoms with Crippen molar-refractivity contribution in [3.63, 3.8) is 0 Å². The second kappa shape index (κ2) is 6.83. The molecular formula is C20H20BNO5. The van der Waals surface area contributed by atoms with Gasteiger partial charge in [0.2, 0.25) is 0 Å². The third-order valence-corrected chi connectivity index (χ3v) is 5.31. The zero-order valence-corrected chi connectivity index (χ0v) is 15.0. The van der Waals surface area contributed by atoms with Crippen LogP contribution in [0.4, 0.5) is 0 Å². The zero-order chi connectivity index (χ0) is 19.1. The van der Waals surface area contributed by atoms with Crippen molar-refractivity contribution in [1.29, 1.82) is 0 Å². The number of carboxylic acids is 1. The molecule has 7 heteroatoms. The van der Waals surface area contributed by atoms with Crippen LogP contribution in [0.15, 0.2) is 36.4 Å². The van der Waals surface area contributed by atoms with Crippen molar-refractivity contribution in [3.8, 4) is 5.75 Å². The van der Waals surface area contributed by atoms with Crippen LogP contribution in [0.1, 0.15) is 43.8 Å². The quantitative estimate of drug-likeness (QED) is 0.639. The Labute approximate surface area is 157 Å². The first-order chi connectivity index (χ1) is 12.9. The molecule has 2 aliphatic heterocycles. The lowest BCUT2D eigenvalue weighted by molar-refractivity contribution is 0.0693. The van der Waals surface area contributed by atoms with E-state index >= 15 is 0 Å². The van der Waals surface area contributed by atoms with E-state index in [1.807, 2.05) is 25.2 Å². The molecule has 2 aliphatic rings. The van der Waals surface area contributed by atoms with Crippen LogP contribution < -0.4 is 4.65 Å². The fraction of sp³-hybridized carbons (Fsp3) is 0.300. The van der Waals surface area contributed by atoms with E-state index in [1.54, 1.807) is 12.1 Å². The molecule has 4 rings (SSSR count). The van der Waals surface area contributed by atoms with Gasteiger partial charge in [0.25, 0.3) is 0 Å². The van der Waals surface area contributed by atoms with Crippen molar-refractivity contribution >= 4 is 18.9 Å². The summed E-state index contributed by atoms with van der Waals surface area (Å²) in [5, 5.41) is 19.6. The van der Waals surface area contributed by atoms with Gasteiger partial charge in [-0.05, 0) is 42.3 Å². The molecule has 0 unspecified atom stereocenters. The molecule has 0 spiro atoms. The lowest BCUT2D eigenvalue weighted by Crippen LogP contribution is -2.35. The standard InChI is InChI=1S/C20H20BNO5/c1-22-10-14-6-5-12(7-15(14)11-22)18(23)9-16-8-13-3-2-4-17(20(24)25)19(13)27-21(16)26/h2-7,16,26H,8-11H2,1H3,(H,24,25)/t16-/m1/s1. The maximum absolute atomic E-state index is 12.8. The Kier molecular flexibility index (Phi) is 4.49. The fourth-order valence-electron chi connectivity index (χ4n) is 3.92. The maximum Gasteiger partial charge on any atom is 0.526 e. The summed E-state index contributed by atoms with van der Waals surface area (Å²) in [6.07, 6.45) is 0.545. The summed E-state index contributed by atoms with van der Waals surface area (Å²) in [4.78, 5) is 26.3. The second-order valence-corrected chi connectivity index (χ2v) is 7.35. The predicted molar refractivity (Wildman–Crippen MR) is 100 cm³/mol. The van der Waals surface area contributed by atoms with Crippen LogP contribution in [0.5, 0.6) is 5.75 Å². The van der Waals surface area contributed by atoms with Crippen LogP contribution in [0, 0.1) is 0 Å². The van der Waals surface area contributed by atoms with Crippen LogP contribution in [0.25, 0.3) is 0 Å². The number of fused-ring (bicyclic) bond motifs is 2. The van der Waals surface area contributed by atoms with Crippen molar-refractivity contribution in [2.24, 2.45) is 0 Å². The number of hydrogen-bond acceptors (Lipinski definition) is 5. The predicted octanol–water partition coefficient (Wildman–Crippen LogP) is 2.39. The Morgan fingerprint density at radius 1 is 1.19 bits per heavy atom. The average molecular weight is 365 g/mol. The number of Topliss-reactive ketones (excluding diaryl/α,β-unsaturated/α-hetero) is 1. The molecule has 27 heavy (non-hydrogen) atoms. The molecule has 0 radical (unpaired) electrons. The molecule has 138 valence electrons. The van der Waals surface area contributed by atoms with Gasteiger partial charge in [-0.2, -0.15) is 0 Å². The minimum absolute atomic E-state index is 0.0269. The van der Waals surface area contributed by atoms with Crippen molar-refractivity contribution in [1.82, 2.24) is 4.90 Å².